The summed E-state index contributed by atoms with van der Waals surface area (Å²) >= 11 is 6.33. The Morgan fingerprint density at radius 3 is 1.74 bits per heavy atom. The highest BCUT2D eigenvalue weighted by molar-refractivity contribution is 9.10. The second-order valence-electron chi connectivity index (χ2n) is 7.99. The van der Waals surface area contributed by atoms with Gasteiger partial charge in [-0.15, -0.1) is 0 Å². The molecule has 0 aliphatic carbocycles. The maximum Gasteiger partial charge on any atom is 0.322 e. The second kappa shape index (κ2) is 16.1. The Morgan fingerprint density at radius 1 is 0.903 bits per heavy atom. The summed E-state index contributed by atoms with van der Waals surface area (Å²) in [5.74, 6) is -0.961. The zero-order valence-electron chi connectivity index (χ0n) is 19.9. The number of halogens is 2. The molecular formula is C21H38Br2O8. The molecule has 0 saturated heterocycles. The van der Waals surface area contributed by atoms with Crippen LogP contribution < -0.4 is 0 Å². The van der Waals surface area contributed by atoms with Gasteiger partial charge in [0.25, 0.3) is 0 Å². The van der Waals surface area contributed by atoms with Gasteiger partial charge in [0, 0.05) is 26.7 Å². The summed E-state index contributed by atoms with van der Waals surface area (Å²) in [6, 6.07) is 0. The number of rotatable bonds is 14. The zero-order valence-corrected chi connectivity index (χ0v) is 23.1. The van der Waals surface area contributed by atoms with Crippen LogP contribution in [0.5, 0.6) is 0 Å². The number of carbonyl (C=O) groups excluding carboxylic acids is 3. The van der Waals surface area contributed by atoms with Crippen molar-refractivity contribution in [3.63, 3.8) is 0 Å². The van der Waals surface area contributed by atoms with E-state index in [4.69, 9.17) is 23.7 Å². The Morgan fingerprint density at radius 2 is 1.39 bits per heavy atom. The van der Waals surface area contributed by atoms with Gasteiger partial charge in [-0.2, -0.15) is 0 Å². The van der Waals surface area contributed by atoms with Crippen molar-refractivity contribution in [1.29, 1.82) is 0 Å². The number of ether oxygens (including phenoxy) is 5. The topological polar surface area (TPSA) is 97.4 Å². The highest BCUT2D eigenvalue weighted by atomic mass is 79.9. The Bertz CT molecular complexity index is 522. The predicted molar refractivity (Wildman–Crippen MR) is 126 cm³/mol. The van der Waals surface area contributed by atoms with Gasteiger partial charge in [0.05, 0.1) is 17.5 Å². The lowest BCUT2D eigenvalue weighted by Gasteiger charge is -2.27. The Kier molecular flexibility index (Phi) is 17.0. The van der Waals surface area contributed by atoms with Gasteiger partial charge in [-0.3, -0.25) is 9.59 Å². The molecule has 8 nitrogen and oxygen atoms in total. The van der Waals surface area contributed by atoms with E-state index in [9.17, 15) is 14.4 Å². The van der Waals surface area contributed by atoms with Gasteiger partial charge in [-0.25, -0.2) is 0 Å². The van der Waals surface area contributed by atoms with Gasteiger partial charge in [0.15, 0.2) is 6.29 Å². The molecule has 0 fully saturated rings. The van der Waals surface area contributed by atoms with Crippen LogP contribution in [0, 0.1) is 5.41 Å². The summed E-state index contributed by atoms with van der Waals surface area (Å²) in [6.07, 6.45) is 0.862. The van der Waals surface area contributed by atoms with E-state index in [1.165, 1.54) is 7.11 Å². The molecule has 0 aliphatic rings. The van der Waals surface area contributed by atoms with E-state index < -0.39 is 28.0 Å². The number of alkyl halides is 2. The van der Waals surface area contributed by atoms with E-state index in [-0.39, 0.29) is 24.1 Å². The summed E-state index contributed by atoms with van der Waals surface area (Å²) in [5.41, 5.74) is -1.09. The number of hydrogen-bond donors (Lipinski definition) is 0. The number of aldehydes is 1. The van der Waals surface area contributed by atoms with Crippen molar-refractivity contribution in [2.75, 3.05) is 40.1 Å². The fourth-order valence-electron chi connectivity index (χ4n) is 1.88. The van der Waals surface area contributed by atoms with Gasteiger partial charge >= 0.3 is 11.9 Å². The third kappa shape index (κ3) is 16.7. The predicted octanol–water partition coefficient (Wildman–Crippen LogP) is 4.05. The minimum absolute atomic E-state index is 0.0716. The van der Waals surface area contributed by atoms with Crippen LogP contribution in [-0.2, 0) is 38.1 Å². The first kappa shape index (κ1) is 32.6. The fraction of sp³-hybridized carbons (Fsp3) is 0.857. The van der Waals surface area contributed by atoms with Crippen molar-refractivity contribution in [3.05, 3.63) is 0 Å². The van der Waals surface area contributed by atoms with Gasteiger partial charge in [-0.05, 0) is 48.5 Å². The van der Waals surface area contributed by atoms with Crippen LogP contribution in [0.1, 0.15) is 54.9 Å². The average molecular weight is 578 g/mol. The molecule has 0 aromatic heterocycles. The Balaban J connectivity index is 0. The largest absolute Gasteiger partial charge is 0.465 e. The molecule has 1 atom stereocenters. The molecule has 0 spiro atoms. The summed E-state index contributed by atoms with van der Waals surface area (Å²) in [6.45, 7) is 13.4. The molecule has 184 valence electrons. The van der Waals surface area contributed by atoms with E-state index in [1.807, 2.05) is 13.8 Å². The Labute approximate surface area is 203 Å². The molecule has 0 bridgehead atoms. The Hall–Kier alpha value is -0.550. The molecule has 0 rings (SSSR count). The van der Waals surface area contributed by atoms with E-state index >= 15 is 0 Å². The molecule has 0 amide bonds. The van der Waals surface area contributed by atoms with Crippen molar-refractivity contribution in [1.82, 2.24) is 0 Å². The minimum Gasteiger partial charge on any atom is -0.465 e. The minimum atomic E-state index is -1.09. The van der Waals surface area contributed by atoms with E-state index in [0.29, 0.717) is 19.6 Å². The van der Waals surface area contributed by atoms with Crippen molar-refractivity contribution < 1.29 is 38.1 Å². The number of carbonyl (C=O) groups is 3. The molecule has 31 heavy (non-hydrogen) atoms. The third-order valence-electron chi connectivity index (χ3n) is 3.54. The first-order valence-electron chi connectivity index (χ1n) is 10.1. The van der Waals surface area contributed by atoms with Gasteiger partial charge in [0.2, 0.25) is 0 Å². The smallest absolute Gasteiger partial charge is 0.322 e. The normalized spacial score (nSPS) is 13.6. The SMILES string of the molecule is CC(C)(Br)C=O.CCOC(CCOC(=O)C(C)(COC)COC(=O)C(C)(C)Br)OCC. The van der Waals surface area contributed by atoms with Crippen molar-refractivity contribution in [2.45, 2.75) is 69.8 Å². The lowest BCUT2D eigenvalue weighted by Crippen LogP contribution is -2.41. The van der Waals surface area contributed by atoms with Gasteiger partial charge in [-0.1, -0.05) is 31.9 Å². The number of hydrogen-bond acceptors (Lipinski definition) is 8. The standard InChI is InChI=1S/C17H31BrO7.C4H7BrO/c1-7-22-13(23-8-2)9-10-24-15(20)17(5,11-21-6)12-25-14(19)16(3,4)18;1-4(2,5)3-6/h13H,7-12H2,1-6H3;3H,1-2H3. The summed E-state index contributed by atoms with van der Waals surface area (Å²) in [5, 5.41) is 0. The summed E-state index contributed by atoms with van der Waals surface area (Å²) in [4.78, 5) is 34.1. The molecule has 10 heteroatoms. The molecule has 0 saturated carbocycles. The first-order valence-corrected chi connectivity index (χ1v) is 11.7. The molecular weight excluding hydrogens is 540 g/mol. The molecule has 0 aliphatic heterocycles. The zero-order chi connectivity index (χ0) is 24.7. The van der Waals surface area contributed by atoms with Gasteiger partial charge in [0.1, 0.15) is 22.6 Å². The van der Waals surface area contributed by atoms with Crippen LogP contribution in [-0.4, -0.2) is 73.3 Å². The first-order chi connectivity index (χ1) is 14.2. The molecule has 0 aromatic rings. The third-order valence-corrected chi connectivity index (χ3v) is 4.05. The lowest BCUT2D eigenvalue weighted by molar-refractivity contribution is -0.173. The molecule has 0 radical (unpaired) electrons. The number of methoxy groups -OCH3 is 1. The van der Waals surface area contributed by atoms with Crippen LogP contribution >= 0.6 is 31.9 Å². The van der Waals surface area contributed by atoms with Crippen LogP contribution in [0.3, 0.4) is 0 Å². The highest BCUT2D eigenvalue weighted by Crippen LogP contribution is 2.23. The molecule has 0 aromatic carbocycles. The lowest BCUT2D eigenvalue weighted by atomic mass is 9.93. The quantitative estimate of drug-likeness (QED) is 0.132. The molecule has 0 heterocycles. The highest BCUT2D eigenvalue weighted by Gasteiger charge is 2.38. The average Bonchev–Trinajstić information content (AvgIpc) is 2.65. The van der Waals surface area contributed by atoms with Crippen LogP contribution in [0.2, 0.25) is 0 Å². The van der Waals surface area contributed by atoms with Crippen molar-refractivity contribution >= 4 is 50.1 Å². The van der Waals surface area contributed by atoms with Crippen LogP contribution in [0.15, 0.2) is 0 Å². The second-order valence-corrected chi connectivity index (χ2v) is 12.0. The maximum atomic E-state index is 12.4. The van der Waals surface area contributed by atoms with Crippen LogP contribution in [0.25, 0.3) is 0 Å². The van der Waals surface area contributed by atoms with Crippen molar-refractivity contribution in [3.8, 4) is 0 Å². The fourth-order valence-corrected chi connectivity index (χ4v) is 2.00. The van der Waals surface area contributed by atoms with E-state index in [1.54, 1.807) is 34.6 Å². The summed E-state index contributed by atoms with van der Waals surface area (Å²) in [7, 11) is 1.47. The molecule has 1 unspecified atom stereocenters. The monoisotopic (exact) mass is 576 g/mol. The number of esters is 2. The van der Waals surface area contributed by atoms with E-state index in [0.717, 1.165) is 6.29 Å². The van der Waals surface area contributed by atoms with E-state index in [2.05, 4.69) is 31.9 Å². The molecule has 0 N–H and O–H groups in total. The summed E-state index contributed by atoms with van der Waals surface area (Å²) < 4.78 is 25.3. The van der Waals surface area contributed by atoms with Crippen LogP contribution in [0.4, 0.5) is 0 Å². The van der Waals surface area contributed by atoms with Crippen molar-refractivity contribution in [2.24, 2.45) is 5.41 Å². The maximum absolute atomic E-state index is 12.4. The van der Waals surface area contributed by atoms with Gasteiger partial charge < -0.3 is 28.5 Å².